The molecule has 0 radical (unpaired) electrons. The molecule has 21 heavy (non-hydrogen) atoms. The molecular formula is C12H11ClN4O3S. The normalized spacial score (nSPS) is 10.2. The molecule has 2 aromatic rings. The summed E-state index contributed by atoms with van der Waals surface area (Å²) in [4.78, 5) is 23.3. The summed E-state index contributed by atoms with van der Waals surface area (Å²) in [6.07, 6.45) is 0. The lowest BCUT2D eigenvalue weighted by Crippen LogP contribution is -2.42. The fourth-order valence-electron chi connectivity index (χ4n) is 1.30. The van der Waals surface area contributed by atoms with Crippen molar-refractivity contribution in [2.75, 3.05) is 5.75 Å². The summed E-state index contributed by atoms with van der Waals surface area (Å²) in [5.41, 5.74) is 4.98. The number of hydrogen-bond donors (Lipinski definition) is 2. The Balaban J connectivity index is 1.75. The van der Waals surface area contributed by atoms with Gasteiger partial charge < -0.3 is 4.42 Å². The number of aromatic nitrogens is 2. The SMILES string of the molecule is Cc1nnc(SCC(=O)NNC(=O)c2ccc(Cl)cc2)o1. The molecule has 0 fully saturated rings. The van der Waals surface area contributed by atoms with Crippen molar-refractivity contribution >= 4 is 35.2 Å². The average Bonchev–Trinajstić information content (AvgIpc) is 2.89. The van der Waals surface area contributed by atoms with Gasteiger partial charge in [-0.1, -0.05) is 23.4 Å². The number of aryl methyl sites for hydroxylation is 1. The maximum Gasteiger partial charge on any atom is 0.277 e. The summed E-state index contributed by atoms with van der Waals surface area (Å²) in [5, 5.41) is 8.20. The fraction of sp³-hybridized carbons (Fsp3) is 0.167. The van der Waals surface area contributed by atoms with Crippen molar-refractivity contribution in [2.45, 2.75) is 12.1 Å². The second-order valence-corrected chi connectivity index (χ2v) is 5.25. The molecule has 0 bridgehead atoms. The van der Waals surface area contributed by atoms with Crippen molar-refractivity contribution in [2.24, 2.45) is 0 Å². The Morgan fingerprint density at radius 2 is 1.95 bits per heavy atom. The Morgan fingerprint density at radius 3 is 2.57 bits per heavy atom. The Morgan fingerprint density at radius 1 is 1.24 bits per heavy atom. The standard InChI is InChI=1S/C12H11ClN4O3S/c1-7-14-17-12(20-7)21-6-10(18)15-16-11(19)8-2-4-9(13)5-3-8/h2-5H,6H2,1H3,(H,15,18)(H,16,19). The molecular weight excluding hydrogens is 316 g/mol. The molecule has 0 aliphatic heterocycles. The van der Waals surface area contributed by atoms with E-state index in [1.54, 1.807) is 31.2 Å². The first-order valence-electron chi connectivity index (χ1n) is 5.82. The lowest BCUT2D eigenvalue weighted by Gasteiger charge is -2.06. The summed E-state index contributed by atoms with van der Waals surface area (Å²) in [6, 6.07) is 6.29. The van der Waals surface area contributed by atoms with Gasteiger partial charge in [-0.05, 0) is 24.3 Å². The highest BCUT2D eigenvalue weighted by Crippen LogP contribution is 2.14. The topological polar surface area (TPSA) is 97.1 Å². The number of carbonyl (C=O) groups is 2. The molecule has 0 atom stereocenters. The number of halogens is 1. The van der Waals surface area contributed by atoms with Crippen LogP contribution in [0.3, 0.4) is 0 Å². The zero-order valence-electron chi connectivity index (χ0n) is 10.9. The van der Waals surface area contributed by atoms with Gasteiger partial charge in [-0.15, -0.1) is 10.2 Å². The van der Waals surface area contributed by atoms with E-state index in [0.717, 1.165) is 11.8 Å². The van der Waals surface area contributed by atoms with E-state index in [1.807, 2.05) is 0 Å². The van der Waals surface area contributed by atoms with Crippen LogP contribution in [0.5, 0.6) is 0 Å². The van der Waals surface area contributed by atoms with Crippen LogP contribution in [0.4, 0.5) is 0 Å². The molecule has 2 N–H and O–H groups in total. The van der Waals surface area contributed by atoms with E-state index in [4.69, 9.17) is 16.0 Å². The summed E-state index contributed by atoms with van der Waals surface area (Å²) >= 11 is 6.80. The van der Waals surface area contributed by atoms with Gasteiger partial charge in [0, 0.05) is 17.5 Å². The lowest BCUT2D eigenvalue weighted by molar-refractivity contribution is -0.119. The van der Waals surface area contributed by atoms with Gasteiger partial charge in [0.25, 0.3) is 11.1 Å². The summed E-state index contributed by atoms with van der Waals surface area (Å²) in [6.45, 7) is 1.66. The minimum Gasteiger partial charge on any atom is -0.416 e. The Labute approximate surface area is 129 Å². The minimum atomic E-state index is -0.432. The molecule has 0 spiro atoms. The average molecular weight is 327 g/mol. The third-order valence-corrected chi connectivity index (χ3v) is 3.33. The molecule has 110 valence electrons. The number of benzene rings is 1. The van der Waals surface area contributed by atoms with Crippen LogP contribution in [-0.2, 0) is 4.79 Å². The van der Waals surface area contributed by atoms with E-state index in [0.29, 0.717) is 21.7 Å². The summed E-state index contributed by atoms with van der Waals surface area (Å²) in [5.74, 6) is -0.353. The highest BCUT2D eigenvalue weighted by Gasteiger charge is 2.10. The molecule has 1 aromatic carbocycles. The van der Waals surface area contributed by atoms with Crippen LogP contribution in [0.1, 0.15) is 16.2 Å². The fourth-order valence-corrected chi connectivity index (χ4v) is 2.03. The molecule has 0 saturated heterocycles. The molecule has 7 nitrogen and oxygen atoms in total. The number of hydrazine groups is 1. The molecule has 0 unspecified atom stereocenters. The summed E-state index contributed by atoms with van der Waals surface area (Å²) < 4.78 is 5.10. The van der Waals surface area contributed by atoms with Gasteiger partial charge in [0.1, 0.15) is 0 Å². The van der Waals surface area contributed by atoms with Gasteiger partial charge in [-0.2, -0.15) is 0 Å². The Hall–Kier alpha value is -2.06. The van der Waals surface area contributed by atoms with E-state index in [1.165, 1.54) is 0 Å². The van der Waals surface area contributed by atoms with Crippen molar-refractivity contribution in [3.8, 4) is 0 Å². The number of nitrogens with one attached hydrogen (secondary N) is 2. The third kappa shape index (κ3) is 4.76. The van der Waals surface area contributed by atoms with Crippen LogP contribution in [0.2, 0.25) is 5.02 Å². The smallest absolute Gasteiger partial charge is 0.277 e. The third-order valence-electron chi connectivity index (χ3n) is 2.26. The van der Waals surface area contributed by atoms with Gasteiger partial charge in [0.05, 0.1) is 5.75 Å². The van der Waals surface area contributed by atoms with Crippen LogP contribution in [0.15, 0.2) is 33.9 Å². The van der Waals surface area contributed by atoms with Crippen molar-refractivity contribution in [3.63, 3.8) is 0 Å². The molecule has 1 aromatic heterocycles. The molecule has 2 amide bonds. The van der Waals surface area contributed by atoms with Crippen molar-refractivity contribution in [1.82, 2.24) is 21.0 Å². The second-order valence-electron chi connectivity index (χ2n) is 3.88. The Kier molecular flexibility index (Phi) is 5.18. The van der Waals surface area contributed by atoms with Gasteiger partial charge in [-0.3, -0.25) is 20.4 Å². The van der Waals surface area contributed by atoms with Crippen LogP contribution in [-0.4, -0.2) is 27.8 Å². The first-order chi connectivity index (χ1) is 10.0. The van der Waals surface area contributed by atoms with Crippen molar-refractivity contribution < 1.29 is 14.0 Å². The first-order valence-corrected chi connectivity index (χ1v) is 7.18. The van der Waals surface area contributed by atoms with Gasteiger partial charge >= 0.3 is 0 Å². The maximum atomic E-state index is 11.7. The maximum absolute atomic E-state index is 11.7. The number of carbonyl (C=O) groups excluding carboxylic acids is 2. The monoisotopic (exact) mass is 326 g/mol. The molecule has 9 heteroatoms. The molecule has 2 rings (SSSR count). The lowest BCUT2D eigenvalue weighted by atomic mass is 10.2. The number of nitrogens with zero attached hydrogens (tertiary/aromatic N) is 2. The zero-order chi connectivity index (χ0) is 15.2. The molecule has 0 saturated carbocycles. The van der Waals surface area contributed by atoms with Crippen LogP contribution in [0.25, 0.3) is 0 Å². The van der Waals surface area contributed by atoms with E-state index in [-0.39, 0.29) is 5.75 Å². The second kappa shape index (κ2) is 7.09. The van der Waals surface area contributed by atoms with Crippen LogP contribution in [0, 0.1) is 6.92 Å². The van der Waals surface area contributed by atoms with Crippen LogP contribution >= 0.6 is 23.4 Å². The number of rotatable bonds is 4. The van der Waals surface area contributed by atoms with Gasteiger partial charge in [0.15, 0.2) is 0 Å². The predicted molar refractivity (Wildman–Crippen MR) is 76.8 cm³/mol. The van der Waals surface area contributed by atoms with Crippen molar-refractivity contribution in [3.05, 3.63) is 40.7 Å². The highest BCUT2D eigenvalue weighted by molar-refractivity contribution is 7.99. The molecule has 0 aliphatic carbocycles. The minimum absolute atomic E-state index is 0.0442. The molecule has 0 aliphatic rings. The van der Waals surface area contributed by atoms with Crippen molar-refractivity contribution in [1.29, 1.82) is 0 Å². The van der Waals surface area contributed by atoms with Gasteiger partial charge in [-0.25, -0.2) is 0 Å². The van der Waals surface area contributed by atoms with Crippen LogP contribution < -0.4 is 10.9 Å². The van der Waals surface area contributed by atoms with Gasteiger partial charge in [0.2, 0.25) is 11.8 Å². The van der Waals surface area contributed by atoms with E-state index in [2.05, 4.69) is 21.0 Å². The number of amides is 2. The zero-order valence-corrected chi connectivity index (χ0v) is 12.5. The van der Waals surface area contributed by atoms with E-state index < -0.39 is 11.8 Å². The van der Waals surface area contributed by atoms with E-state index >= 15 is 0 Å². The predicted octanol–water partition coefficient (Wildman–Crippen LogP) is 1.58. The largest absolute Gasteiger partial charge is 0.416 e. The quantitative estimate of drug-likeness (QED) is 0.654. The first kappa shape index (κ1) is 15.3. The Bertz CT molecular complexity index is 644. The number of thioether (sulfide) groups is 1. The number of hydrogen-bond acceptors (Lipinski definition) is 6. The van der Waals surface area contributed by atoms with E-state index in [9.17, 15) is 9.59 Å². The summed E-state index contributed by atoms with van der Waals surface area (Å²) in [7, 11) is 0. The molecule has 1 heterocycles. The highest BCUT2D eigenvalue weighted by atomic mass is 35.5.